The number of hydrogen-bond donors (Lipinski definition) is 0. The molecular weight excluding hydrogens is 350 g/mol. The molecule has 1 fully saturated rings. The molecule has 0 amide bonds. The highest BCUT2D eigenvalue weighted by atomic mass is 35.5. The summed E-state index contributed by atoms with van der Waals surface area (Å²) in [6.07, 6.45) is 5.07. The number of likely N-dealkylation sites (tertiary alicyclic amines) is 1. The molecule has 1 unspecified atom stereocenters. The average molecular weight is 372 g/mol. The van der Waals surface area contributed by atoms with Crippen molar-refractivity contribution < 1.29 is 4.52 Å². The lowest BCUT2D eigenvalue weighted by atomic mass is 9.94. The molecule has 3 heterocycles. The number of nitrogens with zero attached hydrogens (tertiary/aromatic N) is 5. The molecular formula is C19H22ClN5O. The lowest BCUT2D eigenvalue weighted by Crippen LogP contribution is -2.36. The second-order valence-electron chi connectivity index (χ2n) is 6.79. The zero-order valence-electron chi connectivity index (χ0n) is 14.8. The highest BCUT2D eigenvalue weighted by Crippen LogP contribution is 2.26. The third kappa shape index (κ3) is 3.81. The minimum atomic E-state index is 0.545. The van der Waals surface area contributed by atoms with E-state index < -0.39 is 0 Å². The zero-order valence-corrected chi connectivity index (χ0v) is 15.6. The van der Waals surface area contributed by atoms with Gasteiger partial charge in [0, 0.05) is 55.0 Å². The van der Waals surface area contributed by atoms with Crippen LogP contribution in [0.1, 0.15) is 30.3 Å². The predicted molar refractivity (Wildman–Crippen MR) is 100 cm³/mol. The number of aryl methyl sites for hydroxylation is 1. The summed E-state index contributed by atoms with van der Waals surface area (Å²) >= 11 is 5.92. The highest BCUT2D eigenvalue weighted by molar-refractivity contribution is 6.30. The molecule has 2 aromatic heterocycles. The molecule has 1 aliphatic rings. The van der Waals surface area contributed by atoms with Crippen LogP contribution in [0.2, 0.25) is 5.02 Å². The summed E-state index contributed by atoms with van der Waals surface area (Å²) in [4.78, 5) is 7.00. The van der Waals surface area contributed by atoms with Gasteiger partial charge >= 0.3 is 0 Å². The molecule has 1 saturated heterocycles. The van der Waals surface area contributed by atoms with Gasteiger partial charge in [-0.25, -0.2) is 0 Å². The number of benzene rings is 1. The molecule has 136 valence electrons. The van der Waals surface area contributed by atoms with Gasteiger partial charge in [0.2, 0.25) is 11.7 Å². The molecule has 1 aliphatic heterocycles. The van der Waals surface area contributed by atoms with Crippen LogP contribution in [0.4, 0.5) is 0 Å². The first-order valence-corrected chi connectivity index (χ1v) is 9.35. The summed E-state index contributed by atoms with van der Waals surface area (Å²) in [7, 11) is 2.02. The lowest BCUT2D eigenvalue weighted by molar-refractivity contribution is 0.200. The van der Waals surface area contributed by atoms with Gasteiger partial charge in [-0.3, -0.25) is 4.68 Å². The molecule has 6 nitrogen and oxygen atoms in total. The molecule has 0 bridgehead atoms. The van der Waals surface area contributed by atoms with E-state index in [4.69, 9.17) is 16.1 Å². The second kappa shape index (κ2) is 7.60. The fourth-order valence-corrected chi connectivity index (χ4v) is 3.74. The first-order valence-electron chi connectivity index (χ1n) is 8.98. The van der Waals surface area contributed by atoms with E-state index in [-0.39, 0.29) is 0 Å². The minimum Gasteiger partial charge on any atom is -0.339 e. The maximum absolute atomic E-state index is 5.92. The molecule has 0 aliphatic carbocycles. The Morgan fingerprint density at radius 1 is 1.23 bits per heavy atom. The van der Waals surface area contributed by atoms with E-state index in [0.29, 0.717) is 22.7 Å². The van der Waals surface area contributed by atoms with Crippen molar-refractivity contribution in [1.82, 2.24) is 24.8 Å². The van der Waals surface area contributed by atoms with Gasteiger partial charge < -0.3 is 9.42 Å². The normalized spacial score (nSPS) is 18.3. The third-order valence-corrected chi connectivity index (χ3v) is 5.25. The average Bonchev–Trinajstić information content (AvgIpc) is 3.30. The van der Waals surface area contributed by atoms with E-state index in [1.54, 1.807) is 0 Å². The first kappa shape index (κ1) is 17.2. The van der Waals surface area contributed by atoms with Gasteiger partial charge in [0.1, 0.15) is 0 Å². The highest BCUT2D eigenvalue weighted by Gasteiger charge is 2.23. The Morgan fingerprint density at radius 3 is 2.85 bits per heavy atom. The van der Waals surface area contributed by atoms with E-state index in [1.165, 1.54) is 18.5 Å². The SMILES string of the molecule is Cn1nccc1C1CCCN(CCc2nc(-c3ccc(Cl)cc3)no2)C1. The van der Waals surface area contributed by atoms with Gasteiger partial charge in [-0.05, 0) is 49.7 Å². The molecule has 0 radical (unpaired) electrons. The van der Waals surface area contributed by atoms with Crippen molar-refractivity contribution in [2.75, 3.05) is 19.6 Å². The van der Waals surface area contributed by atoms with Crippen LogP contribution in [0, 0.1) is 0 Å². The van der Waals surface area contributed by atoms with Crippen LogP contribution in [0.3, 0.4) is 0 Å². The van der Waals surface area contributed by atoms with Crippen LogP contribution < -0.4 is 0 Å². The van der Waals surface area contributed by atoms with Gasteiger partial charge in [0.05, 0.1) is 0 Å². The van der Waals surface area contributed by atoms with E-state index in [9.17, 15) is 0 Å². The summed E-state index contributed by atoms with van der Waals surface area (Å²) in [5.74, 6) is 1.84. The van der Waals surface area contributed by atoms with Crippen LogP contribution >= 0.6 is 11.6 Å². The molecule has 1 atom stereocenters. The molecule has 0 saturated carbocycles. The van der Waals surface area contributed by atoms with Crippen molar-refractivity contribution in [3.05, 3.63) is 53.1 Å². The quantitative estimate of drug-likeness (QED) is 0.686. The number of rotatable bonds is 5. The Bertz CT molecular complexity index is 857. The molecule has 0 N–H and O–H groups in total. The number of aromatic nitrogens is 4. The molecule has 3 aromatic rings. The third-order valence-electron chi connectivity index (χ3n) is 5.00. The van der Waals surface area contributed by atoms with Crippen molar-refractivity contribution in [2.45, 2.75) is 25.2 Å². The number of hydrogen-bond acceptors (Lipinski definition) is 5. The monoisotopic (exact) mass is 371 g/mol. The van der Waals surface area contributed by atoms with Gasteiger partial charge in [0.25, 0.3) is 0 Å². The Hall–Kier alpha value is -2.18. The zero-order chi connectivity index (χ0) is 17.9. The van der Waals surface area contributed by atoms with E-state index >= 15 is 0 Å². The maximum Gasteiger partial charge on any atom is 0.228 e. The Balaban J connectivity index is 1.35. The summed E-state index contributed by atoms with van der Waals surface area (Å²) in [5, 5.41) is 9.09. The van der Waals surface area contributed by atoms with Crippen molar-refractivity contribution in [1.29, 1.82) is 0 Å². The van der Waals surface area contributed by atoms with Crippen LogP contribution in [0.15, 0.2) is 41.1 Å². The first-order chi connectivity index (χ1) is 12.7. The Kier molecular flexibility index (Phi) is 5.04. The summed E-state index contributed by atoms with van der Waals surface area (Å²) in [6, 6.07) is 9.60. The van der Waals surface area contributed by atoms with Crippen molar-refractivity contribution >= 4 is 11.6 Å². The summed E-state index contributed by atoms with van der Waals surface area (Å²) in [6.45, 7) is 3.10. The Labute approximate surface area is 157 Å². The van der Waals surface area contributed by atoms with Crippen molar-refractivity contribution in [3.63, 3.8) is 0 Å². The van der Waals surface area contributed by atoms with Gasteiger partial charge in [-0.1, -0.05) is 16.8 Å². The van der Waals surface area contributed by atoms with E-state index in [1.807, 2.05) is 42.2 Å². The van der Waals surface area contributed by atoms with Crippen LogP contribution in [0.5, 0.6) is 0 Å². The molecule has 0 spiro atoms. The summed E-state index contributed by atoms with van der Waals surface area (Å²) in [5.41, 5.74) is 2.23. The van der Waals surface area contributed by atoms with Crippen LogP contribution in [0.25, 0.3) is 11.4 Å². The van der Waals surface area contributed by atoms with Gasteiger partial charge in [-0.2, -0.15) is 10.1 Å². The fourth-order valence-electron chi connectivity index (χ4n) is 3.61. The second-order valence-corrected chi connectivity index (χ2v) is 7.22. The largest absolute Gasteiger partial charge is 0.339 e. The topological polar surface area (TPSA) is 60.0 Å². The molecule has 1 aromatic carbocycles. The van der Waals surface area contributed by atoms with Crippen LogP contribution in [-0.4, -0.2) is 44.5 Å². The van der Waals surface area contributed by atoms with Crippen molar-refractivity contribution in [2.24, 2.45) is 7.05 Å². The smallest absolute Gasteiger partial charge is 0.228 e. The summed E-state index contributed by atoms with van der Waals surface area (Å²) < 4.78 is 7.41. The fraction of sp³-hybridized carbons (Fsp3) is 0.421. The lowest BCUT2D eigenvalue weighted by Gasteiger charge is -2.32. The number of piperidine rings is 1. The molecule has 26 heavy (non-hydrogen) atoms. The van der Waals surface area contributed by atoms with Gasteiger partial charge in [-0.15, -0.1) is 0 Å². The maximum atomic E-state index is 5.92. The van der Waals surface area contributed by atoms with E-state index in [2.05, 4.69) is 26.2 Å². The van der Waals surface area contributed by atoms with Crippen LogP contribution in [-0.2, 0) is 13.5 Å². The van der Waals surface area contributed by atoms with Crippen molar-refractivity contribution in [3.8, 4) is 11.4 Å². The standard InChI is InChI=1S/C19H22ClN5O/c1-24-17(8-10-21-24)15-3-2-11-25(13-15)12-9-18-22-19(23-26-18)14-4-6-16(20)7-5-14/h4-8,10,15H,2-3,9,11-13H2,1H3. The van der Waals surface area contributed by atoms with Gasteiger partial charge in [0.15, 0.2) is 0 Å². The predicted octanol–water partition coefficient (Wildman–Crippen LogP) is 3.55. The van der Waals surface area contributed by atoms with E-state index in [0.717, 1.165) is 31.6 Å². The minimum absolute atomic E-state index is 0.545. The molecule has 7 heteroatoms. The number of halogens is 1. The Morgan fingerprint density at radius 2 is 2.08 bits per heavy atom. The molecule has 4 rings (SSSR count).